The summed E-state index contributed by atoms with van der Waals surface area (Å²) in [5, 5.41) is 4.50. The van der Waals surface area contributed by atoms with Crippen LogP contribution in [0.15, 0.2) is 22.3 Å². The minimum atomic E-state index is -0.577. The van der Waals surface area contributed by atoms with Gasteiger partial charge in [0.05, 0.1) is 18.2 Å². The fraction of sp³-hybridized carbons (Fsp3) is 0.267. The number of methoxy groups -OCH3 is 1. The van der Waals surface area contributed by atoms with E-state index in [1.807, 2.05) is 0 Å². The maximum absolute atomic E-state index is 11.6. The van der Waals surface area contributed by atoms with Crippen LogP contribution in [0, 0.1) is 0 Å². The molecule has 0 unspecified atom stereocenters. The average Bonchev–Trinajstić information content (AvgIpc) is 2.83. The second-order valence-corrected chi connectivity index (χ2v) is 5.45. The summed E-state index contributed by atoms with van der Waals surface area (Å²) in [6, 6.07) is 2.69. The van der Waals surface area contributed by atoms with Gasteiger partial charge in [0.1, 0.15) is 5.70 Å². The van der Waals surface area contributed by atoms with Crippen molar-refractivity contribution in [3.8, 4) is 11.5 Å². The largest absolute Gasteiger partial charge is 0.493 e. The van der Waals surface area contributed by atoms with E-state index in [4.69, 9.17) is 14.2 Å². The first-order chi connectivity index (χ1) is 11.4. The Kier molecular flexibility index (Phi) is 5.80. The molecule has 3 amide bonds. The second kappa shape index (κ2) is 7.82. The Hall–Kier alpha value is -2.55. The molecule has 1 aliphatic rings. The van der Waals surface area contributed by atoms with Crippen LogP contribution >= 0.6 is 15.9 Å². The molecule has 1 aromatic rings. The molecule has 0 bridgehead atoms. The number of rotatable bonds is 6. The zero-order valence-electron chi connectivity index (χ0n) is 13.0. The Morgan fingerprint density at radius 1 is 1.29 bits per heavy atom. The van der Waals surface area contributed by atoms with Gasteiger partial charge < -0.3 is 19.5 Å². The average molecular weight is 399 g/mol. The van der Waals surface area contributed by atoms with Crippen molar-refractivity contribution < 1.29 is 28.6 Å². The summed E-state index contributed by atoms with van der Waals surface area (Å²) in [5.74, 6) is -0.335. The SMILES string of the molecule is CCOC(=O)COc1c(Br)cc(C=C2NC(=O)NC2=O)cc1OC. The third kappa shape index (κ3) is 4.25. The number of ether oxygens (including phenoxy) is 3. The first-order valence-corrected chi connectivity index (χ1v) is 7.74. The number of hydrogen-bond acceptors (Lipinski definition) is 6. The number of carbonyl (C=O) groups excluding carboxylic acids is 3. The van der Waals surface area contributed by atoms with Crippen molar-refractivity contribution in [1.82, 2.24) is 10.6 Å². The zero-order valence-corrected chi connectivity index (χ0v) is 14.6. The van der Waals surface area contributed by atoms with E-state index in [2.05, 4.69) is 26.6 Å². The lowest BCUT2D eigenvalue weighted by Crippen LogP contribution is -2.22. The summed E-state index contributed by atoms with van der Waals surface area (Å²) in [6.45, 7) is 1.71. The van der Waals surface area contributed by atoms with Crippen LogP contribution in [0.25, 0.3) is 6.08 Å². The highest BCUT2D eigenvalue weighted by Crippen LogP contribution is 2.37. The van der Waals surface area contributed by atoms with E-state index in [0.717, 1.165) is 0 Å². The lowest BCUT2D eigenvalue weighted by atomic mass is 10.1. The van der Waals surface area contributed by atoms with Crippen LogP contribution in [-0.2, 0) is 14.3 Å². The summed E-state index contributed by atoms with van der Waals surface area (Å²) in [6.07, 6.45) is 1.49. The molecule has 0 atom stereocenters. The van der Waals surface area contributed by atoms with Crippen LogP contribution in [-0.4, -0.2) is 38.2 Å². The Balaban J connectivity index is 2.24. The molecule has 24 heavy (non-hydrogen) atoms. The van der Waals surface area contributed by atoms with Gasteiger partial charge in [0.15, 0.2) is 18.1 Å². The molecule has 1 aliphatic heterocycles. The van der Waals surface area contributed by atoms with Gasteiger partial charge in [-0.1, -0.05) is 0 Å². The van der Waals surface area contributed by atoms with Crippen LogP contribution in [0.3, 0.4) is 0 Å². The standard InChI is InChI=1S/C15H15BrN2O6/c1-3-23-12(19)7-24-13-9(16)4-8(6-11(13)22-2)5-10-14(20)18-15(21)17-10/h4-6H,3,7H2,1-2H3,(H2,17,18,20,21). The van der Waals surface area contributed by atoms with E-state index >= 15 is 0 Å². The Morgan fingerprint density at radius 2 is 2.04 bits per heavy atom. The van der Waals surface area contributed by atoms with Crippen LogP contribution in [0.2, 0.25) is 0 Å². The fourth-order valence-corrected chi connectivity index (χ4v) is 2.52. The van der Waals surface area contributed by atoms with Gasteiger partial charge >= 0.3 is 12.0 Å². The molecule has 1 aromatic carbocycles. The molecule has 1 saturated heterocycles. The normalized spacial score (nSPS) is 15.0. The van der Waals surface area contributed by atoms with E-state index in [9.17, 15) is 14.4 Å². The number of hydrogen-bond donors (Lipinski definition) is 2. The van der Waals surface area contributed by atoms with Crippen LogP contribution < -0.4 is 20.1 Å². The predicted molar refractivity (Wildman–Crippen MR) is 87.5 cm³/mol. The maximum atomic E-state index is 11.6. The number of carbonyl (C=O) groups is 3. The van der Waals surface area contributed by atoms with Crippen molar-refractivity contribution in [2.24, 2.45) is 0 Å². The second-order valence-electron chi connectivity index (χ2n) is 4.59. The van der Waals surface area contributed by atoms with Gasteiger partial charge in [0, 0.05) is 0 Å². The third-order valence-corrected chi connectivity index (χ3v) is 3.51. The zero-order chi connectivity index (χ0) is 17.7. The number of amides is 3. The van der Waals surface area contributed by atoms with Crippen molar-refractivity contribution in [3.63, 3.8) is 0 Å². The van der Waals surface area contributed by atoms with Gasteiger partial charge in [-0.3, -0.25) is 10.1 Å². The summed E-state index contributed by atoms with van der Waals surface area (Å²) in [7, 11) is 1.44. The minimum Gasteiger partial charge on any atom is -0.493 e. The van der Waals surface area contributed by atoms with E-state index < -0.39 is 17.9 Å². The lowest BCUT2D eigenvalue weighted by Gasteiger charge is -2.13. The quantitative estimate of drug-likeness (QED) is 0.428. The van der Waals surface area contributed by atoms with Crippen molar-refractivity contribution in [1.29, 1.82) is 0 Å². The highest BCUT2D eigenvalue weighted by atomic mass is 79.9. The molecule has 0 aliphatic carbocycles. The van der Waals surface area contributed by atoms with E-state index in [1.165, 1.54) is 13.2 Å². The summed E-state index contributed by atoms with van der Waals surface area (Å²) in [4.78, 5) is 34.1. The molecule has 2 rings (SSSR count). The third-order valence-electron chi connectivity index (χ3n) is 2.92. The number of urea groups is 1. The van der Waals surface area contributed by atoms with E-state index in [1.54, 1.807) is 19.1 Å². The predicted octanol–water partition coefficient (Wildman–Crippen LogP) is 1.58. The minimum absolute atomic E-state index is 0.120. The molecular weight excluding hydrogens is 384 g/mol. The molecule has 9 heteroatoms. The van der Waals surface area contributed by atoms with Crippen molar-refractivity contribution >= 4 is 39.9 Å². The first-order valence-electron chi connectivity index (χ1n) is 6.94. The maximum Gasteiger partial charge on any atom is 0.344 e. The Bertz CT molecular complexity index is 716. The number of esters is 1. The van der Waals surface area contributed by atoms with Crippen molar-refractivity contribution in [2.75, 3.05) is 20.3 Å². The number of nitrogens with one attached hydrogen (secondary N) is 2. The van der Waals surface area contributed by atoms with Crippen LogP contribution in [0.1, 0.15) is 12.5 Å². The summed E-state index contributed by atoms with van der Waals surface area (Å²) in [5.41, 5.74) is 0.712. The molecule has 0 aromatic heterocycles. The topological polar surface area (TPSA) is 103 Å². The van der Waals surface area contributed by atoms with Crippen molar-refractivity contribution in [3.05, 3.63) is 27.9 Å². The van der Waals surface area contributed by atoms with Gasteiger partial charge in [0.2, 0.25) is 0 Å². The lowest BCUT2D eigenvalue weighted by molar-refractivity contribution is -0.145. The Morgan fingerprint density at radius 3 is 2.62 bits per heavy atom. The molecule has 1 fully saturated rings. The molecule has 0 spiro atoms. The van der Waals surface area contributed by atoms with Gasteiger partial charge in [-0.05, 0) is 46.6 Å². The van der Waals surface area contributed by atoms with Crippen LogP contribution in [0.5, 0.6) is 11.5 Å². The first kappa shape index (κ1) is 17.8. The van der Waals surface area contributed by atoms with Gasteiger partial charge in [-0.15, -0.1) is 0 Å². The molecule has 1 heterocycles. The highest BCUT2D eigenvalue weighted by molar-refractivity contribution is 9.10. The molecule has 0 radical (unpaired) electrons. The van der Waals surface area contributed by atoms with Crippen LogP contribution in [0.4, 0.5) is 4.79 Å². The summed E-state index contributed by atoms with van der Waals surface area (Å²) < 4.78 is 16.0. The Labute approximate surface area is 146 Å². The highest BCUT2D eigenvalue weighted by Gasteiger charge is 2.23. The monoisotopic (exact) mass is 398 g/mol. The van der Waals surface area contributed by atoms with Gasteiger partial charge in [-0.2, -0.15) is 0 Å². The number of halogens is 1. The molecule has 8 nitrogen and oxygen atoms in total. The fourth-order valence-electron chi connectivity index (χ4n) is 1.95. The van der Waals surface area contributed by atoms with Gasteiger partial charge in [0.25, 0.3) is 5.91 Å². The summed E-state index contributed by atoms with van der Waals surface area (Å²) >= 11 is 3.33. The number of imide groups is 1. The molecular formula is C15H15BrN2O6. The van der Waals surface area contributed by atoms with E-state index in [-0.39, 0.29) is 18.9 Å². The molecule has 2 N–H and O–H groups in total. The molecule has 0 saturated carbocycles. The number of benzene rings is 1. The van der Waals surface area contributed by atoms with Gasteiger partial charge in [-0.25, -0.2) is 9.59 Å². The molecule has 128 valence electrons. The van der Waals surface area contributed by atoms with E-state index in [0.29, 0.717) is 21.5 Å². The van der Waals surface area contributed by atoms with Crippen molar-refractivity contribution in [2.45, 2.75) is 6.92 Å². The smallest absolute Gasteiger partial charge is 0.344 e.